The van der Waals surface area contributed by atoms with Gasteiger partial charge in [0.15, 0.2) is 0 Å². The number of piperidine rings is 1. The standard InChI is InChI=1S/C16H21NO4/c1-11-9-17(7-6-14(11)16(19)20)15(18)13-5-3-4-12(8-13)10-21-2/h3-5,8,11,14H,6-7,9-10H2,1-2H3,(H,19,20). The van der Waals surface area contributed by atoms with Gasteiger partial charge in [-0.15, -0.1) is 0 Å². The number of carboxylic acid groups (broad SMARTS) is 1. The molecule has 0 spiro atoms. The van der Waals surface area contributed by atoms with Crippen molar-refractivity contribution < 1.29 is 19.4 Å². The first-order valence-corrected chi connectivity index (χ1v) is 7.13. The molecule has 0 radical (unpaired) electrons. The molecule has 0 aliphatic carbocycles. The Balaban J connectivity index is 2.07. The van der Waals surface area contributed by atoms with E-state index in [2.05, 4.69) is 0 Å². The smallest absolute Gasteiger partial charge is 0.306 e. The van der Waals surface area contributed by atoms with E-state index in [1.165, 1.54) is 0 Å². The van der Waals surface area contributed by atoms with Crippen LogP contribution in [0.5, 0.6) is 0 Å². The summed E-state index contributed by atoms with van der Waals surface area (Å²) in [4.78, 5) is 25.4. The molecule has 1 aromatic rings. The van der Waals surface area contributed by atoms with Gasteiger partial charge >= 0.3 is 5.97 Å². The number of hydrogen-bond acceptors (Lipinski definition) is 3. The number of rotatable bonds is 4. The molecule has 0 aromatic heterocycles. The van der Waals surface area contributed by atoms with E-state index >= 15 is 0 Å². The zero-order valence-corrected chi connectivity index (χ0v) is 12.4. The molecular weight excluding hydrogens is 270 g/mol. The zero-order chi connectivity index (χ0) is 15.4. The van der Waals surface area contributed by atoms with Crippen LogP contribution in [0, 0.1) is 11.8 Å². The van der Waals surface area contributed by atoms with E-state index in [1.807, 2.05) is 25.1 Å². The van der Waals surface area contributed by atoms with E-state index in [1.54, 1.807) is 18.1 Å². The van der Waals surface area contributed by atoms with Crippen molar-refractivity contribution in [2.24, 2.45) is 11.8 Å². The molecule has 1 aliphatic heterocycles. The van der Waals surface area contributed by atoms with Crippen molar-refractivity contribution in [1.82, 2.24) is 4.90 Å². The van der Waals surface area contributed by atoms with E-state index in [-0.39, 0.29) is 17.7 Å². The molecular formula is C16H21NO4. The molecule has 2 rings (SSSR count). The van der Waals surface area contributed by atoms with Crippen molar-refractivity contribution >= 4 is 11.9 Å². The minimum atomic E-state index is -0.767. The molecule has 21 heavy (non-hydrogen) atoms. The lowest BCUT2D eigenvalue weighted by molar-refractivity contribution is -0.145. The highest BCUT2D eigenvalue weighted by molar-refractivity contribution is 5.94. The fraction of sp³-hybridized carbons (Fsp3) is 0.500. The summed E-state index contributed by atoms with van der Waals surface area (Å²) in [5.74, 6) is -1.18. The van der Waals surface area contributed by atoms with Crippen molar-refractivity contribution in [3.63, 3.8) is 0 Å². The maximum absolute atomic E-state index is 12.5. The highest BCUT2D eigenvalue weighted by atomic mass is 16.5. The van der Waals surface area contributed by atoms with Crippen LogP contribution < -0.4 is 0 Å². The van der Waals surface area contributed by atoms with Gasteiger partial charge in [0.05, 0.1) is 12.5 Å². The normalized spacial score (nSPS) is 22.1. The first-order chi connectivity index (χ1) is 10.0. The Morgan fingerprint density at radius 3 is 2.81 bits per heavy atom. The van der Waals surface area contributed by atoms with E-state index < -0.39 is 5.97 Å². The molecule has 1 amide bonds. The zero-order valence-electron chi connectivity index (χ0n) is 12.4. The molecule has 2 atom stereocenters. The third kappa shape index (κ3) is 3.61. The van der Waals surface area contributed by atoms with Crippen molar-refractivity contribution in [2.45, 2.75) is 20.0 Å². The highest BCUT2D eigenvalue weighted by Crippen LogP contribution is 2.24. The molecule has 1 aliphatic rings. The molecule has 2 unspecified atom stereocenters. The molecule has 1 N–H and O–H groups in total. The Bertz CT molecular complexity index is 529. The van der Waals surface area contributed by atoms with Gasteiger partial charge in [-0.3, -0.25) is 9.59 Å². The fourth-order valence-corrected chi connectivity index (χ4v) is 2.84. The number of amides is 1. The van der Waals surface area contributed by atoms with Crippen LogP contribution in [0.4, 0.5) is 0 Å². The minimum absolute atomic E-state index is 0.0256. The number of ether oxygens (including phenoxy) is 1. The average molecular weight is 291 g/mol. The summed E-state index contributed by atoms with van der Waals surface area (Å²) in [7, 11) is 1.62. The second kappa shape index (κ2) is 6.72. The SMILES string of the molecule is COCc1cccc(C(=O)N2CCC(C(=O)O)C(C)C2)c1. The van der Waals surface area contributed by atoms with Gasteiger partial charge < -0.3 is 14.7 Å². The number of carbonyl (C=O) groups excluding carboxylic acids is 1. The Labute approximate surface area is 124 Å². The van der Waals surface area contributed by atoms with Crippen LogP contribution in [-0.4, -0.2) is 42.1 Å². The molecule has 1 saturated heterocycles. The molecule has 1 aromatic carbocycles. The Kier molecular flexibility index (Phi) is 4.96. The minimum Gasteiger partial charge on any atom is -0.481 e. The van der Waals surface area contributed by atoms with Gasteiger partial charge in [0, 0.05) is 25.8 Å². The second-order valence-corrected chi connectivity index (χ2v) is 5.60. The van der Waals surface area contributed by atoms with Gasteiger partial charge in [0.25, 0.3) is 5.91 Å². The third-order valence-electron chi connectivity index (χ3n) is 3.99. The molecule has 1 fully saturated rings. The van der Waals surface area contributed by atoms with Crippen LogP contribution in [0.2, 0.25) is 0 Å². The lowest BCUT2D eigenvalue weighted by atomic mass is 9.87. The molecule has 5 nitrogen and oxygen atoms in total. The Morgan fingerprint density at radius 1 is 1.43 bits per heavy atom. The number of benzene rings is 1. The monoisotopic (exact) mass is 291 g/mol. The lowest BCUT2D eigenvalue weighted by Gasteiger charge is -2.35. The van der Waals surface area contributed by atoms with Gasteiger partial charge in [-0.2, -0.15) is 0 Å². The number of hydrogen-bond donors (Lipinski definition) is 1. The first kappa shape index (κ1) is 15.5. The average Bonchev–Trinajstić information content (AvgIpc) is 2.46. The highest BCUT2D eigenvalue weighted by Gasteiger charge is 2.33. The van der Waals surface area contributed by atoms with E-state index in [0.29, 0.717) is 31.7 Å². The lowest BCUT2D eigenvalue weighted by Crippen LogP contribution is -2.45. The molecule has 1 heterocycles. The van der Waals surface area contributed by atoms with Crippen LogP contribution in [0.15, 0.2) is 24.3 Å². The van der Waals surface area contributed by atoms with Gasteiger partial charge in [-0.25, -0.2) is 0 Å². The number of aliphatic carboxylic acids is 1. The van der Waals surface area contributed by atoms with E-state index in [4.69, 9.17) is 9.84 Å². The maximum atomic E-state index is 12.5. The van der Waals surface area contributed by atoms with E-state index in [0.717, 1.165) is 5.56 Å². The summed E-state index contributed by atoms with van der Waals surface area (Å²) in [5.41, 5.74) is 1.59. The van der Waals surface area contributed by atoms with Crippen molar-refractivity contribution in [3.05, 3.63) is 35.4 Å². The number of methoxy groups -OCH3 is 1. The fourth-order valence-electron chi connectivity index (χ4n) is 2.84. The molecule has 0 saturated carbocycles. The predicted molar refractivity (Wildman–Crippen MR) is 78.0 cm³/mol. The number of carboxylic acids is 1. The molecule has 5 heteroatoms. The Morgan fingerprint density at radius 2 is 2.19 bits per heavy atom. The van der Waals surface area contributed by atoms with Gasteiger partial charge in [0.1, 0.15) is 0 Å². The second-order valence-electron chi connectivity index (χ2n) is 5.60. The number of carbonyl (C=O) groups is 2. The van der Waals surface area contributed by atoms with Crippen LogP contribution in [0.1, 0.15) is 29.3 Å². The maximum Gasteiger partial charge on any atom is 0.306 e. The third-order valence-corrected chi connectivity index (χ3v) is 3.99. The summed E-state index contributed by atoms with van der Waals surface area (Å²) < 4.78 is 5.08. The summed E-state index contributed by atoms with van der Waals surface area (Å²) in [6, 6.07) is 7.38. The predicted octanol–water partition coefficient (Wildman–Crippen LogP) is 2.02. The van der Waals surface area contributed by atoms with Gasteiger partial charge in [-0.1, -0.05) is 19.1 Å². The van der Waals surface area contributed by atoms with E-state index in [9.17, 15) is 9.59 Å². The summed E-state index contributed by atoms with van der Waals surface area (Å²) >= 11 is 0. The molecule has 0 bridgehead atoms. The summed E-state index contributed by atoms with van der Waals surface area (Å²) in [6.45, 7) is 3.34. The van der Waals surface area contributed by atoms with Crippen LogP contribution in [-0.2, 0) is 16.1 Å². The number of likely N-dealkylation sites (tertiary alicyclic amines) is 1. The van der Waals surface area contributed by atoms with Crippen LogP contribution >= 0.6 is 0 Å². The van der Waals surface area contributed by atoms with Crippen LogP contribution in [0.25, 0.3) is 0 Å². The topological polar surface area (TPSA) is 66.8 Å². The van der Waals surface area contributed by atoms with Gasteiger partial charge in [-0.05, 0) is 30.0 Å². The quantitative estimate of drug-likeness (QED) is 0.921. The summed E-state index contributed by atoms with van der Waals surface area (Å²) in [5, 5.41) is 9.13. The van der Waals surface area contributed by atoms with Crippen molar-refractivity contribution in [3.8, 4) is 0 Å². The van der Waals surface area contributed by atoms with Crippen LogP contribution in [0.3, 0.4) is 0 Å². The first-order valence-electron chi connectivity index (χ1n) is 7.13. The van der Waals surface area contributed by atoms with Crippen molar-refractivity contribution in [1.29, 1.82) is 0 Å². The molecule has 114 valence electrons. The number of nitrogens with zero attached hydrogens (tertiary/aromatic N) is 1. The Hall–Kier alpha value is -1.88. The summed E-state index contributed by atoms with van der Waals surface area (Å²) in [6.07, 6.45) is 0.514. The van der Waals surface area contributed by atoms with Gasteiger partial charge in [0.2, 0.25) is 0 Å². The van der Waals surface area contributed by atoms with Crippen molar-refractivity contribution in [2.75, 3.05) is 20.2 Å². The largest absolute Gasteiger partial charge is 0.481 e.